The lowest BCUT2D eigenvalue weighted by Crippen LogP contribution is -2.39. The molecule has 2 aliphatic heterocycles. The van der Waals surface area contributed by atoms with Crippen molar-refractivity contribution in [2.45, 2.75) is 45.1 Å². The third-order valence-corrected chi connectivity index (χ3v) is 6.36. The maximum Gasteiger partial charge on any atom is 0.274 e. The maximum atomic E-state index is 13.8. The molecule has 0 unspecified atom stereocenters. The predicted octanol–water partition coefficient (Wildman–Crippen LogP) is 3.99. The highest BCUT2D eigenvalue weighted by atomic mass is 35.5. The topological polar surface area (TPSA) is 52.2 Å². The summed E-state index contributed by atoms with van der Waals surface area (Å²) in [6, 6.07) is 4.97. The van der Waals surface area contributed by atoms with Crippen molar-refractivity contribution in [2.24, 2.45) is 0 Å². The fraction of sp³-hybridized carbons (Fsp3) is 0.524. The fourth-order valence-electron chi connectivity index (χ4n) is 4.41. The number of H-pyrrole nitrogens is 1. The molecule has 2 aliphatic rings. The van der Waals surface area contributed by atoms with Crippen LogP contribution in [0.25, 0.3) is 0 Å². The summed E-state index contributed by atoms with van der Waals surface area (Å²) < 4.78 is 13.8. The number of carbonyl (C=O) groups excluding carboxylic acids is 1. The molecular formula is C21H26ClFN4O. The van der Waals surface area contributed by atoms with Crippen LogP contribution in [0.5, 0.6) is 0 Å². The Labute approximate surface area is 169 Å². The second-order valence-electron chi connectivity index (χ2n) is 7.76. The number of rotatable bonds is 4. The van der Waals surface area contributed by atoms with Crippen molar-refractivity contribution in [3.05, 3.63) is 51.6 Å². The van der Waals surface area contributed by atoms with Crippen LogP contribution in [-0.2, 0) is 13.0 Å². The first-order valence-corrected chi connectivity index (χ1v) is 10.5. The van der Waals surface area contributed by atoms with Crippen molar-refractivity contribution in [1.29, 1.82) is 0 Å². The van der Waals surface area contributed by atoms with Gasteiger partial charge in [0.1, 0.15) is 5.82 Å². The summed E-state index contributed by atoms with van der Waals surface area (Å²) in [5, 5.41) is 7.64. The number of aromatic amines is 1. The standard InChI is InChI=1S/C21H26ClFN4O/c1-2-9-26-10-8-18-16(13-26)20(25-24-18)21(28)27-11-6-14(7-12-27)15-4-3-5-17(23)19(15)22/h3-5,14H,2,6-13H2,1H3,(H,24,25). The number of piperidine rings is 1. The molecule has 1 fully saturated rings. The van der Waals surface area contributed by atoms with Crippen molar-refractivity contribution in [3.63, 3.8) is 0 Å². The zero-order valence-electron chi connectivity index (χ0n) is 16.2. The van der Waals surface area contributed by atoms with Gasteiger partial charge >= 0.3 is 0 Å². The molecule has 0 spiro atoms. The molecule has 5 nitrogen and oxygen atoms in total. The lowest BCUT2D eigenvalue weighted by molar-refractivity contribution is 0.0704. The number of carbonyl (C=O) groups is 1. The van der Waals surface area contributed by atoms with E-state index in [0.29, 0.717) is 18.8 Å². The van der Waals surface area contributed by atoms with Gasteiger partial charge in [0.25, 0.3) is 5.91 Å². The maximum absolute atomic E-state index is 13.8. The summed E-state index contributed by atoms with van der Waals surface area (Å²) in [4.78, 5) is 17.4. The largest absolute Gasteiger partial charge is 0.337 e. The molecule has 1 N–H and O–H groups in total. The Kier molecular flexibility index (Phi) is 5.69. The number of benzene rings is 1. The third-order valence-electron chi connectivity index (χ3n) is 5.96. The molecule has 0 saturated carbocycles. The number of likely N-dealkylation sites (tertiary alicyclic amines) is 1. The number of nitrogens with zero attached hydrogens (tertiary/aromatic N) is 3. The Hall–Kier alpha value is -1.92. The summed E-state index contributed by atoms with van der Waals surface area (Å²) in [6.07, 6.45) is 3.58. The molecular weight excluding hydrogens is 379 g/mol. The number of fused-ring (bicyclic) bond motifs is 1. The molecule has 7 heteroatoms. The van der Waals surface area contributed by atoms with Gasteiger partial charge in [-0.1, -0.05) is 30.7 Å². The summed E-state index contributed by atoms with van der Waals surface area (Å²) in [5.74, 6) is -0.197. The highest BCUT2D eigenvalue weighted by Gasteiger charge is 2.31. The normalized spacial score (nSPS) is 18.3. The highest BCUT2D eigenvalue weighted by Crippen LogP contribution is 2.34. The van der Waals surface area contributed by atoms with Crippen molar-refractivity contribution in [2.75, 3.05) is 26.2 Å². The first kappa shape index (κ1) is 19.4. The van der Waals surface area contributed by atoms with Crippen molar-refractivity contribution < 1.29 is 9.18 Å². The zero-order chi connectivity index (χ0) is 19.7. The van der Waals surface area contributed by atoms with Gasteiger partial charge in [0.05, 0.1) is 5.02 Å². The smallest absolute Gasteiger partial charge is 0.274 e. The average molecular weight is 405 g/mol. The molecule has 4 rings (SSSR count). The lowest BCUT2D eigenvalue weighted by atomic mass is 9.89. The van der Waals surface area contributed by atoms with Crippen LogP contribution >= 0.6 is 11.6 Å². The highest BCUT2D eigenvalue weighted by molar-refractivity contribution is 6.31. The zero-order valence-corrected chi connectivity index (χ0v) is 16.9. The van der Waals surface area contributed by atoms with Gasteiger partial charge < -0.3 is 4.90 Å². The Morgan fingerprint density at radius 3 is 2.86 bits per heavy atom. The quantitative estimate of drug-likeness (QED) is 0.838. The lowest BCUT2D eigenvalue weighted by Gasteiger charge is -2.33. The molecule has 0 bridgehead atoms. The fourth-order valence-corrected chi connectivity index (χ4v) is 4.69. The van der Waals surface area contributed by atoms with Crippen LogP contribution in [0, 0.1) is 5.82 Å². The van der Waals surface area contributed by atoms with Crippen molar-refractivity contribution in [3.8, 4) is 0 Å². The van der Waals surface area contributed by atoms with Gasteiger partial charge in [0.15, 0.2) is 5.69 Å². The van der Waals surface area contributed by atoms with E-state index >= 15 is 0 Å². The minimum Gasteiger partial charge on any atom is -0.337 e. The van der Waals surface area contributed by atoms with E-state index < -0.39 is 0 Å². The van der Waals surface area contributed by atoms with E-state index in [1.807, 2.05) is 11.0 Å². The molecule has 0 radical (unpaired) electrons. The Morgan fingerprint density at radius 1 is 1.32 bits per heavy atom. The summed E-state index contributed by atoms with van der Waals surface area (Å²) in [5.41, 5.74) is 3.57. The van der Waals surface area contributed by atoms with E-state index in [1.165, 1.54) is 6.07 Å². The van der Waals surface area contributed by atoms with Gasteiger partial charge in [0.2, 0.25) is 0 Å². The van der Waals surface area contributed by atoms with Gasteiger partial charge in [-0.15, -0.1) is 0 Å². The minimum absolute atomic E-state index is 0.000336. The van der Waals surface area contributed by atoms with Gasteiger partial charge in [-0.25, -0.2) is 4.39 Å². The van der Waals surface area contributed by atoms with Crippen LogP contribution in [0.4, 0.5) is 4.39 Å². The van der Waals surface area contributed by atoms with Crippen LogP contribution in [-0.4, -0.2) is 52.1 Å². The summed E-state index contributed by atoms with van der Waals surface area (Å²) in [7, 11) is 0. The summed E-state index contributed by atoms with van der Waals surface area (Å²) >= 11 is 6.15. The molecule has 0 aliphatic carbocycles. The molecule has 3 heterocycles. The SMILES string of the molecule is CCCN1CCc2[nH]nc(C(=O)N3CCC(c4cccc(F)c4Cl)CC3)c2C1. The molecule has 28 heavy (non-hydrogen) atoms. The average Bonchev–Trinajstić information content (AvgIpc) is 3.13. The number of hydrogen-bond acceptors (Lipinski definition) is 3. The molecule has 1 saturated heterocycles. The minimum atomic E-state index is -0.377. The van der Waals surface area contributed by atoms with Crippen LogP contribution < -0.4 is 0 Å². The molecule has 1 aromatic carbocycles. The molecule has 150 valence electrons. The first-order valence-electron chi connectivity index (χ1n) is 10.1. The first-order chi connectivity index (χ1) is 13.6. The van der Waals surface area contributed by atoms with Crippen molar-refractivity contribution in [1.82, 2.24) is 20.0 Å². The molecule has 0 atom stereocenters. The summed E-state index contributed by atoms with van der Waals surface area (Å²) in [6.45, 7) is 6.28. The van der Waals surface area contributed by atoms with Crippen LogP contribution in [0.3, 0.4) is 0 Å². The second kappa shape index (κ2) is 8.21. The van der Waals surface area contributed by atoms with E-state index in [-0.39, 0.29) is 22.7 Å². The molecule has 2 aromatic rings. The van der Waals surface area contributed by atoms with E-state index in [9.17, 15) is 9.18 Å². The second-order valence-corrected chi connectivity index (χ2v) is 8.14. The van der Waals surface area contributed by atoms with E-state index in [4.69, 9.17) is 11.6 Å². The van der Waals surface area contributed by atoms with Gasteiger partial charge in [0, 0.05) is 43.9 Å². The number of hydrogen-bond donors (Lipinski definition) is 1. The predicted molar refractivity (Wildman–Crippen MR) is 107 cm³/mol. The number of aromatic nitrogens is 2. The number of amides is 1. The van der Waals surface area contributed by atoms with Crippen LogP contribution in [0.1, 0.15) is 59.4 Å². The molecule has 1 amide bonds. The Balaban J connectivity index is 1.44. The van der Waals surface area contributed by atoms with E-state index in [0.717, 1.165) is 62.1 Å². The monoisotopic (exact) mass is 404 g/mol. The third kappa shape index (κ3) is 3.67. The van der Waals surface area contributed by atoms with Gasteiger partial charge in [-0.2, -0.15) is 5.10 Å². The van der Waals surface area contributed by atoms with E-state index in [2.05, 4.69) is 22.0 Å². The Bertz CT molecular complexity index is 860. The van der Waals surface area contributed by atoms with Gasteiger partial charge in [-0.05, 0) is 43.4 Å². The Morgan fingerprint density at radius 2 is 2.11 bits per heavy atom. The van der Waals surface area contributed by atoms with E-state index in [1.54, 1.807) is 6.07 Å². The van der Waals surface area contributed by atoms with Gasteiger partial charge in [-0.3, -0.25) is 14.8 Å². The number of halogens is 2. The van der Waals surface area contributed by atoms with Crippen LogP contribution in [0.15, 0.2) is 18.2 Å². The number of nitrogens with one attached hydrogen (secondary N) is 1. The van der Waals surface area contributed by atoms with Crippen molar-refractivity contribution >= 4 is 17.5 Å². The van der Waals surface area contributed by atoms with Crippen LogP contribution in [0.2, 0.25) is 5.02 Å². The molecule has 1 aromatic heterocycles.